The van der Waals surface area contributed by atoms with E-state index in [4.69, 9.17) is 23.7 Å². The molecule has 10 heteroatoms. The van der Waals surface area contributed by atoms with Gasteiger partial charge in [0.2, 0.25) is 5.75 Å². The lowest BCUT2D eigenvalue weighted by atomic mass is 9.89. The molecule has 40 heavy (non-hydrogen) atoms. The van der Waals surface area contributed by atoms with Gasteiger partial charge in [0.1, 0.15) is 17.9 Å². The zero-order chi connectivity index (χ0) is 28.5. The van der Waals surface area contributed by atoms with Crippen molar-refractivity contribution >= 4 is 17.8 Å². The standard InChI is InChI=1S/C30H38N2O8/c1-19-27(38-18-21-12-13-21)22(15-17-37-23-9-5-4-6-10-23)8-7-11-24(30(35)39-19)32-29(34)26-28(40-20(2)33)25(36-3)14-16-31-26/h4-6,9-10,14,16,19,21-22,24,27H,7-8,11-13,15,17-18H2,1-3H3,(H,32,34)/t19-,22+,24-,27-/m0/s1. The highest BCUT2D eigenvalue weighted by molar-refractivity contribution is 5.98. The first-order chi connectivity index (χ1) is 19.4. The molecular weight excluding hydrogens is 516 g/mol. The number of esters is 2. The van der Waals surface area contributed by atoms with Crippen molar-refractivity contribution in [2.75, 3.05) is 20.3 Å². The summed E-state index contributed by atoms with van der Waals surface area (Å²) < 4.78 is 28.6. The normalized spacial score (nSPS) is 23.1. The molecule has 1 saturated heterocycles. The molecule has 1 aliphatic carbocycles. The highest BCUT2D eigenvalue weighted by atomic mass is 16.6. The molecule has 1 aliphatic heterocycles. The Morgan fingerprint density at radius 3 is 2.58 bits per heavy atom. The number of nitrogens with one attached hydrogen (secondary N) is 1. The number of para-hydroxylation sites is 1. The molecule has 1 amide bonds. The van der Waals surface area contributed by atoms with Crippen molar-refractivity contribution in [1.82, 2.24) is 10.3 Å². The molecule has 2 fully saturated rings. The van der Waals surface area contributed by atoms with Crippen molar-refractivity contribution in [1.29, 1.82) is 0 Å². The first-order valence-corrected chi connectivity index (χ1v) is 13.9. The number of aromatic nitrogens is 1. The van der Waals surface area contributed by atoms with Gasteiger partial charge in [-0.1, -0.05) is 24.6 Å². The summed E-state index contributed by atoms with van der Waals surface area (Å²) in [6.45, 7) is 4.21. The number of cyclic esters (lactones) is 1. The van der Waals surface area contributed by atoms with Gasteiger partial charge in [0.25, 0.3) is 5.91 Å². The Kier molecular flexibility index (Phi) is 10.3. The Morgan fingerprint density at radius 1 is 1.10 bits per heavy atom. The highest BCUT2D eigenvalue weighted by Crippen LogP contribution is 2.33. The maximum absolute atomic E-state index is 13.2. The Bertz CT molecular complexity index is 1150. The summed E-state index contributed by atoms with van der Waals surface area (Å²) in [6.07, 6.45) is 5.43. The molecule has 0 spiro atoms. The fourth-order valence-electron chi connectivity index (χ4n) is 4.89. The quantitative estimate of drug-likeness (QED) is 0.409. The first kappa shape index (κ1) is 29.3. The van der Waals surface area contributed by atoms with E-state index in [0.717, 1.165) is 31.4 Å². The van der Waals surface area contributed by atoms with Gasteiger partial charge in [0.15, 0.2) is 11.4 Å². The van der Waals surface area contributed by atoms with Crippen LogP contribution in [0.4, 0.5) is 0 Å². The summed E-state index contributed by atoms with van der Waals surface area (Å²) in [5.41, 5.74) is -0.156. The third kappa shape index (κ3) is 8.17. The number of benzene rings is 1. The maximum atomic E-state index is 13.2. The molecule has 2 aromatic rings. The summed E-state index contributed by atoms with van der Waals surface area (Å²) >= 11 is 0. The zero-order valence-electron chi connectivity index (χ0n) is 23.3. The number of ether oxygens (including phenoxy) is 5. The minimum absolute atomic E-state index is 0.105. The van der Waals surface area contributed by atoms with E-state index in [1.54, 1.807) is 0 Å². The van der Waals surface area contributed by atoms with E-state index in [1.807, 2.05) is 37.3 Å². The molecule has 1 saturated carbocycles. The number of carbonyl (C=O) groups excluding carboxylic acids is 3. The molecule has 10 nitrogen and oxygen atoms in total. The Morgan fingerprint density at radius 2 is 1.88 bits per heavy atom. The molecule has 2 aliphatic rings. The fraction of sp³-hybridized carbons (Fsp3) is 0.533. The number of methoxy groups -OCH3 is 1. The van der Waals surface area contributed by atoms with E-state index >= 15 is 0 Å². The van der Waals surface area contributed by atoms with Crippen molar-refractivity contribution in [2.45, 2.75) is 70.6 Å². The highest BCUT2D eigenvalue weighted by Gasteiger charge is 2.36. The van der Waals surface area contributed by atoms with E-state index in [2.05, 4.69) is 10.3 Å². The van der Waals surface area contributed by atoms with Crippen molar-refractivity contribution in [3.8, 4) is 17.2 Å². The van der Waals surface area contributed by atoms with Gasteiger partial charge in [-0.15, -0.1) is 0 Å². The van der Waals surface area contributed by atoms with Gasteiger partial charge >= 0.3 is 11.9 Å². The second kappa shape index (κ2) is 14.1. The maximum Gasteiger partial charge on any atom is 0.329 e. The molecule has 0 bridgehead atoms. The van der Waals surface area contributed by atoms with Gasteiger partial charge in [0, 0.05) is 25.8 Å². The summed E-state index contributed by atoms with van der Waals surface area (Å²) in [6, 6.07) is 10.2. The van der Waals surface area contributed by atoms with Crippen molar-refractivity contribution in [2.24, 2.45) is 11.8 Å². The first-order valence-electron chi connectivity index (χ1n) is 13.9. The molecule has 4 rings (SSSR count). The van der Waals surface area contributed by atoms with Gasteiger partial charge in [-0.25, -0.2) is 9.78 Å². The van der Waals surface area contributed by atoms with E-state index in [-0.39, 0.29) is 29.2 Å². The molecule has 0 radical (unpaired) electrons. The number of hydrogen-bond acceptors (Lipinski definition) is 9. The van der Waals surface area contributed by atoms with Crippen LogP contribution in [0.15, 0.2) is 42.6 Å². The minimum atomic E-state index is -0.906. The molecular formula is C30H38N2O8. The molecule has 1 N–H and O–H groups in total. The van der Waals surface area contributed by atoms with Crippen LogP contribution >= 0.6 is 0 Å². The van der Waals surface area contributed by atoms with Crippen LogP contribution in [-0.2, 0) is 19.1 Å². The monoisotopic (exact) mass is 554 g/mol. The molecule has 2 heterocycles. The van der Waals surface area contributed by atoms with Crippen LogP contribution in [0.3, 0.4) is 0 Å². The smallest absolute Gasteiger partial charge is 0.329 e. The summed E-state index contributed by atoms with van der Waals surface area (Å²) in [5, 5.41) is 2.73. The third-order valence-electron chi connectivity index (χ3n) is 7.16. The second-order valence-electron chi connectivity index (χ2n) is 10.3. The summed E-state index contributed by atoms with van der Waals surface area (Å²) in [5.74, 6) is -0.291. The Labute approximate surface area is 234 Å². The average molecular weight is 555 g/mol. The fourth-order valence-corrected chi connectivity index (χ4v) is 4.89. The SMILES string of the molecule is COc1ccnc(C(=O)N[C@H]2CCC[C@H](CCOc3ccccc3)[C@@H](OCC3CC3)[C@H](C)OC2=O)c1OC(C)=O. The summed E-state index contributed by atoms with van der Waals surface area (Å²) in [7, 11) is 1.39. The second-order valence-corrected chi connectivity index (χ2v) is 10.3. The lowest BCUT2D eigenvalue weighted by molar-refractivity contribution is -0.161. The van der Waals surface area contributed by atoms with Crippen LogP contribution in [0.5, 0.6) is 17.2 Å². The van der Waals surface area contributed by atoms with Gasteiger partial charge in [-0.05, 0) is 63.0 Å². The van der Waals surface area contributed by atoms with Gasteiger partial charge in [-0.2, -0.15) is 0 Å². The van der Waals surface area contributed by atoms with Gasteiger partial charge in [0.05, 0.1) is 19.8 Å². The summed E-state index contributed by atoms with van der Waals surface area (Å²) in [4.78, 5) is 42.2. The predicted molar refractivity (Wildman–Crippen MR) is 145 cm³/mol. The van der Waals surface area contributed by atoms with Crippen LogP contribution in [0, 0.1) is 11.8 Å². The van der Waals surface area contributed by atoms with Crippen molar-refractivity contribution < 1.29 is 38.1 Å². The van der Waals surface area contributed by atoms with Crippen LogP contribution in [-0.4, -0.2) is 61.4 Å². The van der Waals surface area contributed by atoms with Crippen LogP contribution < -0.4 is 19.5 Å². The molecule has 216 valence electrons. The van der Waals surface area contributed by atoms with Crippen molar-refractivity contribution in [3.63, 3.8) is 0 Å². The lowest BCUT2D eigenvalue weighted by Crippen LogP contribution is -2.44. The number of hydrogen-bond donors (Lipinski definition) is 1. The van der Waals surface area contributed by atoms with Crippen LogP contribution in [0.1, 0.15) is 62.9 Å². The third-order valence-corrected chi connectivity index (χ3v) is 7.16. The van der Waals surface area contributed by atoms with Gasteiger partial charge < -0.3 is 29.0 Å². The number of pyridine rings is 1. The van der Waals surface area contributed by atoms with E-state index in [9.17, 15) is 14.4 Å². The minimum Gasteiger partial charge on any atom is -0.494 e. The Balaban J connectivity index is 1.45. The van der Waals surface area contributed by atoms with Crippen LogP contribution in [0.25, 0.3) is 0 Å². The number of nitrogens with zero attached hydrogens (tertiary/aromatic N) is 1. The number of carbonyl (C=O) groups is 3. The van der Waals surface area contributed by atoms with E-state index in [1.165, 1.54) is 26.3 Å². The predicted octanol–water partition coefficient (Wildman–Crippen LogP) is 4.11. The van der Waals surface area contributed by atoms with Gasteiger partial charge in [-0.3, -0.25) is 9.59 Å². The van der Waals surface area contributed by atoms with E-state index < -0.39 is 30.0 Å². The topological polar surface area (TPSA) is 122 Å². The zero-order valence-corrected chi connectivity index (χ0v) is 23.3. The molecule has 1 aromatic carbocycles. The van der Waals surface area contributed by atoms with Crippen molar-refractivity contribution in [3.05, 3.63) is 48.3 Å². The molecule has 4 atom stereocenters. The average Bonchev–Trinajstić information content (AvgIpc) is 3.76. The largest absolute Gasteiger partial charge is 0.494 e. The van der Waals surface area contributed by atoms with Crippen LogP contribution in [0.2, 0.25) is 0 Å². The molecule has 1 aromatic heterocycles. The van der Waals surface area contributed by atoms with E-state index in [0.29, 0.717) is 32.0 Å². The molecule has 0 unspecified atom stereocenters. The number of amides is 1. The Hall–Kier alpha value is -3.66. The number of rotatable bonds is 11. The lowest BCUT2D eigenvalue weighted by Gasteiger charge is -2.31.